The fraction of sp³-hybridized carbons (Fsp3) is 0.400. The number of imidazole rings is 1. The number of benzene rings is 1. The Morgan fingerprint density at radius 3 is 3.17 bits per heavy atom. The predicted molar refractivity (Wildman–Crippen MR) is 72.5 cm³/mol. The third kappa shape index (κ3) is 1.95. The highest BCUT2D eigenvalue weighted by molar-refractivity contribution is 5.33. The highest BCUT2D eigenvalue weighted by Crippen LogP contribution is 2.33. The summed E-state index contributed by atoms with van der Waals surface area (Å²) in [4.78, 5) is 4.31. The lowest BCUT2D eigenvalue weighted by atomic mass is 9.87. The van der Waals surface area contributed by atoms with Gasteiger partial charge < -0.3 is 9.88 Å². The van der Waals surface area contributed by atoms with E-state index in [1.54, 1.807) is 0 Å². The van der Waals surface area contributed by atoms with E-state index in [1.807, 2.05) is 19.6 Å². The molecular weight excluding hydrogens is 222 g/mol. The highest BCUT2D eigenvalue weighted by Gasteiger charge is 2.22. The molecule has 94 valence electrons. The van der Waals surface area contributed by atoms with Crippen molar-refractivity contribution in [2.45, 2.75) is 31.8 Å². The van der Waals surface area contributed by atoms with E-state index in [0.29, 0.717) is 6.04 Å². The molecule has 3 nitrogen and oxygen atoms in total. The Labute approximate surface area is 108 Å². The Balaban J connectivity index is 2.00. The van der Waals surface area contributed by atoms with Crippen molar-refractivity contribution < 1.29 is 0 Å². The van der Waals surface area contributed by atoms with Crippen LogP contribution in [0.5, 0.6) is 0 Å². The van der Waals surface area contributed by atoms with Crippen LogP contribution in [0, 0.1) is 0 Å². The van der Waals surface area contributed by atoms with Crippen LogP contribution in [0.25, 0.3) is 0 Å². The van der Waals surface area contributed by atoms with E-state index < -0.39 is 0 Å². The van der Waals surface area contributed by atoms with Gasteiger partial charge in [-0.05, 0) is 37.4 Å². The number of hydrogen-bond donors (Lipinski definition) is 1. The normalized spacial score (nSPS) is 18.6. The fourth-order valence-electron chi connectivity index (χ4n) is 2.95. The Morgan fingerprint density at radius 1 is 1.39 bits per heavy atom. The molecule has 1 aromatic heterocycles. The van der Waals surface area contributed by atoms with Gasteiger partial charge in [-0.3, -0.25) is 0 Å². The summed E-state index contributed by atoms with van der Waals surface area (Å²) < 4.78 is 2.33. The first-order chi connectivity index (χ1) is 8.90. The van der Waals surface area contributed by atoms with Gasteiger partial charge in [0.15, 0.2) is 0 Å². The van der Waals surface area contributed by atoms with Gasteiger partial charge in [-0.25, -0.2) is 4.98 Å². The summed E-state index contributed by atoms with van der Waals surface area (Å²) in [5.74, 6) is 0. The topological polar surface area (TPSA) is 29.9 Å². The Kier molecular flexibility index (Phi) is 3.15. The number of rotatable bonds is 3. The maximum atomic E-state index is 4.31. The van der Waals surface area contributed by atoms with Crippen LogP contribution in [0.1, 0.15) is 35.7 Å². The maximum Gasteiger partial charge on any atom is 0.0954 e. The molecule has 1 aromatic carbocycles. The first-order valence-corrected chi connectivity index (χ1v) is 6.63. The Hall–Kier alpha value is -1.61. The molecule has 3 heteroatoms. The van der Waals surface area contributed by atoms with Gasteiger partial charge in [0.25, 0.3) is 0 Å². The van der Waals surface area contributed by atoms with Crippen molar-refractivity contribution in [3.63, 3.8) is 0 Å². The van der Waals surface area contributed by atoms with Gasteiger partial charge in [0, 0.05) is 12.7 Å². The zero-order valence-corrected chi connectivity index (χ0v) is 10.8. The molecule has 1 atom stereocenters. The second-order valence-corrected chi connectivity index (χ2v) is 4.93. The molecule has 1 aliphatic rings. The van der Waals surface area contributed by atoms with E-state index in [1.165, 1.54) is 36.1 Å². The quantitative estimate of drug-likeness (QED) is 0.895. The summed E-state index contributed by atoms with van der Waals surface area (Å²) in [6, 6.07) is 9.27. The Bertz CT molecular complexity index is 530. The summed E-state index contributed by atoms with van der Waals surface area (Å²) in [6.45, 7) is 0.874. The standard InChI is InChI=1S/C15H19N3/c1-16-9-13-10-17-11-18(13)15-8-4-6-12-5-2-3-7-14(12)15/h2-3,5,7,10-11,15-16H,4,6,8-9H2,1H3. The van der Waals surface area contributed by atoms with Crippen molar-refractivity contribution in [1.82, 2.24) is 14.9 Å². The van der Waals surface area contributed by atoms with Gasteiger partial charge in [0.1, 0.15) is 0 Å². The number of aromatic nitrogens is 2. The smallest absolute Gasteiger partial charge is 0.0954 e. The fourth-order valence-corrected chi connectivity index (χ4v) is 2.95. The summed E-state index contributed by atoms with van der Waals surface area (Å²) in [6.07, 6.45) is 7.62. The summed E-state index contributed by atoms with van der Waals surface area (Å²) in [5, 5.41) is 3.21. The summed E-state index contributed by atoms with van der Waals surface area (Å²) in [7, 11) is 1.98. The largest absolute Gasteiger partial charge is 0.326 e. The van der Waals surface area contributed by atoms with Gasteiger partial charge in [-0.2, -0.15) is 0 Å². The lowest BCUT2D eigenvalue weighted by Gasteiger charge is -2.28. The third-order valence-electron chi connectivity index (χ3n) is 3.78. The molecule has 0 amide bonds. The molecule has 1 aliphatic carbocycles. The number of nitrogens with one attached hydrogen (secondary N) is 1. The molecule has 1 heterocycles. The van der Waals surface area contributed by atoms with E-state index in [0.717, 1.165) is 6.54 Å². The van der Waals surface area contributed by atoms with E-state index in [9.17, 15) is 0 Å². The molecule has 1 N–H and O–H groups in total. The monoisotopic (exact) mass is 241 g/mol. The third-order valence-corrected chi connectivity index (χ3v) is 3.78. The minimum Gasteiger partial charge on any atom is -0.326 e. The van der Waals surface area contributed by atoms with E-state index in [-0.39, 0.29) is 0 Å². The minimum absolute atomic E-state index is 0.459. The molecule has 0 radical (unpaired) electrons. The molecule has 0 fully saturated rings. The second-order valence-electron chi connectivity index (χ2n) is 4.93. The molecule has 0 spiro atoms. The van der Waals surface area contributed by atoms with Crippen LogP contribution >= 0.6 is 0 Å². The van der Waals surface area contributed by atoms with Gasteiger partial charge in [-0.15, -0.1) is 0 Å². The van der Waals surface area contributed by atoms with Crippen LogP contribution in [-0.2, 0) is 13.0 Å². The van der Waals surface area contributed by atoms with Crippen LogP contribution in [0.4, 0.5) is 0 Å². The molecular formula is C15H19N3. The summed E-state index contributed by atoms with van der Waals surface area (Å²) in [5.41, 5.74) is 4.23. The number of nitrogens with zero attached hydrogens (tertiary/aromatic N) is 2. The van der Waals surface area contributed by atoms with Crippen molar-refractivity contribution >= 4 is 0 Å². The molecule has 2 aromatic rings. The Morgan fingerprint density at radius 2 is 2.28 bits per heavy atom. The van der Waals surface area contributed by atoms with Crippen LogP contribution in [0.2, 0.25) is 0 Å². The molecule has 0 bridgehead atoms. The average molecular weight is 241 g/mol. The lowest BCUT2D eigenvalue weighted by molar-refractivity contribution is 0.473. The van der Waals surface area contributed by atoms with Crippen LogP contribution in [0.3, 0.4) is 0 Å². The van der Waals surface area contributed by atoms with Crippen molar-refractivity contribution in [2.24, 2.45) is 0 Å². The average Bonchev–Trinajstić information content (AvgIpc) is 2.87. The zero-order valence-electron chi connectivity index (χ0n) is 10.8. The van der Waals surface area contributed by atoms with Gasteiger partial charge in [-0.1, -0.05) is 24.3 Å². The molecule has 0 saturated carbocycles. The van der Waals surface area contributed by atoms with Crippen molar-refractivity contribution in [3.8, 4) is 0 Å². The number of aryl methyl sites for hydroxylation is 1. The summed E-state index contributed by atoms with van der Waals surface area (Å²) >= 11 is 0. The maximum absolute atomic E-state index is 4.31. The number of hydrogen-bond acceptors (Lipinski definition) is 2. The predicted octanol–water partition coefficient (Wildman–Crippen LogP) is 2.53. The van der Waals surface area contributed by atoms with Crippen LogP contribution < -0.4 is 5.32 Å². The van der Waals surface area contributed by atoms with Crippen molar-refractivity contribution in [3.05, 3.63) is 53.6 Å². The first kappa shape index (κ1) is 11.5. The van der Waals surface area contributed by atoms with Gasteiger partial charge in [0.2, 0.25) is 0 Å². The lowest BCUT2D eigenvalue weighted by Crippen LogP contribution is -2.20. The van der Waals surface area contributed by atoms with Gasteiger partial charge in [0.05, 0.1) is 18.1 Å². The first-order valence-electron chi connectivity index (χ1n) is 6.63. The van der Waals surface area contributed by atoms with E-state index in [2.05, 4.69) is 39.1 Å². The zero-order chi connectivity index (χ0) is 12.4. The van der Waals surface area contributed by atoms with Crippen LogP contribution in [0.15, 0.2) is 36.8 Å². The van der Waals surface area contributed by atoms with E-state index >= 15 is 0 Å². The molecule has 3 rings (SSSR count). The molecule has 1 unspecified atom stereocenters. The number of fused-ring (bicyclic) bond motifs is 1. The van der Waals surface area contributed by atoms with Crippen LogP contribution in [-0.4, -0.2) is 16.6 Å². The molecule has 0 saturated heterocycles. The van der Waals surface area contributed by atoms with Crippen molar-refractivity contribution in [1.29, 1.82) is 0 Å². The van der Waals surface area contributed by atoms with Gasteiger partial charge >= 0.3 is 0 Å². The molecule has 18 heavy (non-hydrogen) atoms. The SMILES string of the molecule is CNCc1cncn1C1CCCc2ccccc21. The highest BCUT2D eigenvalue weighted by atomic mass is 15.1. The van der Waals surface area contributed by atoms with Crippen molar-refractivity contribution in [2.75, 3.05) is 7.05 Å². The second kappa shape index (κ2) is 4.94. The minimum atomic E-state index is 0.459. The van der Waals surface area contributed by atoms with E-state index in [4.69, 9.17) is 0 Å². The molecule has 0 aliphatic heterocycles.